The Labute approximate surface area is 112 Å². The molecule has 0 aliphatic carbocycles. The molecule has 2 aliphatic rings. The monoisotopic (exact) mass is 286 g/mol. The van der Waals surface area contributed by atoms with Crippen molar-refractivity contribution in [3.63, 3.8) is 0 Å². The van der Waals surface area contributed by atoms with Crippen molar-refractivity contribution in [1.29, 1.82) is 5.26 Å². The molecule has 0 saturated carbocycles. The van der Waals surface area contributed by atoms with Crippen LogP contribution in [0.4, 0.5) is 8.78 Å². The van der Waals surface area contributed by atoms with Crippen LogP contribution in [0.15, 0.2) is 29.7 Å². The maximum absolute atomic E-state index is 14.1. The van der Waals surface area contributed by atoms with Gasteiger partial charge in [0.05, 0.1) is 6.61 Å². The second kappa shape index (κ2) is 4.52. The molecule has 20 heavy (non-hydrogen) atoms. The minimum Gasteiger partial charge on any atom is -0.392 e. The van der Waals surface area contributed by atoms with Gasteiger partial charge < -0.3 is 25.6 Å². The number of ether oxygens (including phenoxy) is 1. The minimum atomic E-state index is -3.81. The largest absolute Gasteiger partial charge is 0.392 e. The summed E-state index contributed by atoms with van der Waals surface area (Å²) in [5.74, 6) is -3.87. The van der Waals surface area contributed by atoms with Crippen molar-refractivity contribution < 1.29 is 23.7 Å². The lowest BCUT2D eigenvalue weighted by atomic mass is 9.97. The Balaban J connectivity index is 2.37. The van der Waals surface area contributed by atoms with Gasteiger partial charge in [-0.05, 0) is 6.08 Å². The average Bonchev–Trinajstić information content (AvgIpc) is 2.60. The number of halogens is 2. The van der Waals surface area contributed by atoms with Gasteiger partial charge in [-0.2, -0.15) is 14.0 Å². The summed E-state index contributed by atoms with van der Waals surface area (Å²) in [4.78, 5) is 4.54. The predicted octanol–water partition coefficient (Wildman–Crippen LogP) is -0.749. The molecular weight excluding hydrogens is 274 g/mol. The summed E-state index contributed by atoms with van der Waals surface area (Å²) in [6, 6.07) is 1.38. The van der Waals surface area contributed by atoms with Crippen molar-refractivity contribution in [3.8, 4) is 6.07 Å². The van der Waals surface area contributed by atoms with E-state index in [-0.39, 0.29) is 11.7 Å². The molecule has 0 aromatic heterocycles. The summed E-state index contributed by atoms with van der Waals surface area (Å²) in [5.41, 5.74) is 2.98. The summed E-state index contributed by atoms with van der Waals surface area (Å²) >= 11 is 0. The lowest BCUT2D eigenvalue weighted by Gasteiger charge is -2.31. The maximum atomic E-state index is 14.1. The number of aliphatic hydroxyl groups excluding tert-OH is 2. The Morgan fingerprint density at radius 1 is 1.65 bits per heavy atom. The molecule has 0 unspecified atom stereocenters. The number of nitriles is 1. The van der Waals surface area contributed by atoms with E-state index < -0.39 is 30.5 Å². The van der Waals surface area contributed by atoms with E-state index in [0.29, 0.717) is 0 Å². The molecule has 3 atom stereocenters. The highest BCUT2D eigenvalue weighted by Crippen LogP contribution is 2.44. The maximum Gasteiger partial charge on any atom is 0.321 e. The zero-order chi connectivity index (χ0) is 15.1. The second-order valence-corrected chi connectivity index (χ2v) is 4.38. The van der Waals surface area contributed by atoms with Crippen LogP contribution in [-0.2, 0) is 4.74 Å². The highest BCUT2D eigenvalue weighted by atomic mass is 19.3. The Bertz CT molecular complexity index is 542. The smallest absolute Gasteiger partial charge is 0.321 e. The zero-order valence-electron chi connectivity index (χ0n) is 10.2. The first-order valence-electron chi connectivity index (χ1n) is 5.54. The van der Waals surface area contributed by atoms with E-state index in [1.807, 2.05) is 0 Å². The molecule has 2 rings (SSSR count). The third-order valence-electron chi connectivity index (χ3n) is 3.10. The van der Waals surface area contributed by atoms with Crippen LogP contribution in [0.2, 0.25) is 0 Å². The van der Waals surface area contributed by atoms with Crippen LogP contribution >= 0.6 is 0 Å². The number of hydrogen-bond donors (Lipinski definition) is 3. The van der Waals surface area contributed by atoms with Crippen molar-refractivity contribution in [1.82, 2.24) is 4.90 Å². The van der Waals surface area contributed by atoms with E-state index in [0.717, 1.165) is 11.1 Å². The summed E-state index contributed by atoms with van der Waals surface area (Å²) in [5, 5.41) is 27.6. The minimum absolute atomic E-state index is 0.0711. The van der Waals surface area contributed by atoms with E-state index in [2.05, 4.69) is 11.6 Å². The first-order chi connectivity index (χ1) is 9.28. The Morgan fingerprint density at radius 3 is 2.75 bits per heavy atom. The van der Waals surface area contributed by atoms with E-state index >= 15 is 0 Å². The van der Waals surface area contributed by atoms with E-state index in [9.17, 15) is 13.9 Å². The van der Waals surface area contributed by atoms with Gasteiger partial charge in [0, 0.05) is 6.20 Å². The topological polar surface area (TPSA) is 115 Å². The van der Waals surface area contributed by atoms with Crippen molar-refractivity contribution in [2.75, 3.05) is 6.61 Å². The third kappa shape index (κ3) is 1.85. The van der Waals surface area contributed by atoms with Crippen LogP contribution in [0.5, 0.6) is 0 Å². The summed E-state index contributed by atoms with van der Waals surface area (Å²) in [6.07, 6.45) is -2.11. The number of hydrogen-bond acceptors (Lipinski definition) is 7. The molecule has 1 saturated heterocycles. The van der Waals surface area contributed by atoms with Gasteiger partial charge in [-0.15, -0.1) is 0 Å². The number of amidine groups is 1. The summed E-state index contributed by atoms with van der Waals surface area (Å²) in [6.45, 7) is 2.37. The Hall–Kier alpha value is -2.02. The molecule has 108 valence electrons. The van der Waals surface area contributed by atoms with Gasteiger partial charge in [-0.3, -0.25) is 0 Å². The Kier molecular flexibility index (Phi) is 3.25. The molecule has 2 heterocycles. The fraction of sp³-hybridized carbons (Fsp3) is 0.455. The van der Waals surface area contributed by atoms with E-state index in [1.54, 1.807) is 0 Å². The molecule has 0 radical (unpaired) electrons. The van der Waals surface area contributed by atoms with Gasteiger partial charge in [-0.25, -0.2) is 4.99 Å². The number of nitrogens with two attached hydrogens (primary N) is 1. The first-order valence-corrected chi connectivity index (χ1v) is 5.54. The Morgan fingerprint density at radius 2 is 2.30 bits per heavy atom. The third-order valence-corrected chi connectivity index (χ3v) is 3.10. The lowest BCUT2D eigenvalue weighted by Crippen LogP contribution is -2.49. The number of rotatable bonds is 2. The first kappa shape index (κ1) is 14.4. The van der Waals surface area contributed by atoms with Crippen LogP contribution in [0, 0.1) is 11.3 Å². The highest BCUT2D eigenvalue weighted by Gasteiger charge is 2.68. The normalized spacial score (nSPS) is 35.9. The molecule has 4 N–H and O–H groups in total. The molecule has 9 heteroatoms. The van der Waals surface area contributed by atoms with Gasteiger partial charge in [0.15, 0.2) is 6.10 Å². The molecule has 0 amide bonds. The molecule has 2 aliphatic heterocycles. The van der Waals surface area contributed by atoms with Gasteiger partial charge in [-0.1, -0.05) is 6.58 Å². The summed E-state index contributed by atoms with van der Waals surface area (Å²) < 4.78 is 33.1. The zero-order valence-corrected chi connectivity index (χ0v) is 10.2. The molecule has 0 aromatic carbocycles. The molecule has 0 bridgehead atoms. The summed E-state index contributed by atoms with van der Waals surface area (Å²) in [7, 11) is 0. The number of aliphatic imine (C=N–C) groups is 1. The van der Waals surface area contributed by atoms with Crippen molar-refractivity contribution in [2.45, 2.75) is 23.9 Å². The highest BCUT2D eigenvalue weighted by molar-refractivity contribution is 5.92. The van der Waals surface area contributed by atoms with Crippen LogP contribution in [0.3, 0.4) is 0 Å². The van der Waals surface area contributed by atoms with Crippen LogP contribution in [0.25, 0.3) is 0 Å². The number of nitrogens with zero attached hydrogens (tertiary/aromatic N) is 3. The number of alkyl halides is 2. The van der Waals surface area contributed by atoms with Crippen molar-refractivity contribution in [2.24, 2.45) is 10.7 Å². The predicted molar refractivity (Wildman–Crippen MR) is 63.0 cm³/mol. The van der Waals surface area contributed by atoms with E-state index in [4.69, 9.17) is 20.8 Å². The van der Waals surface area contributed by atoms with E-state index in [1.165, 1.54) is 12.1 Å². The lowest BCUT2D eigenvalue weighted by molar-refractivity contribution is -0.150. The van der Waals surface area contributed by atoms with Gasteiger partial charge in [0.2, 0.25) is 11.8 Å². The van der Waals surface area contributed by atoms with Gasteiger partial charge in [0.1, 0.15) is 17.7 Å². The molecular formula is C11H12F2N4O3. The van der Waals surface area contributed by atoms with Gasteiger partial charge in [0.25, 0.3) is 0 Å². The van der Waals surface area contributed by atoms with Crippen LogP contribution in [-0.4, -0.2) is 51.4 Å². The second-order valence-electron chi connectivity index (χ2n) is 4.38. The quantitative estimate of drug-likeness (QED) is 0.615. The fourth-order valence-electron chi connectivity index (χ4n) is 1.98. The van der Waals surface area contributed by atoms with Crippen LogP contribution in [0.1, 0.15) is 0 Å². The number of aliphatic hydroxyl groups is 2. The molecule has 1 fully saturated rings. The average molecular weight is 286 g/mol. The molecule has 0 spiro atoms. The van der Waals surface area contributed by atoms with Gasteiger partial charge >= 0.3 is 5.92 Å². The molecule has 0 aromatic rings. The standard InChI is InChI=1S/C11H12F2N4O3/c1-6-16-7(15)2-3-17(6)9-11(12,13)8(19)10(4-14,5-18)20-9/h2-3,8-9,18-19H,1,5H2,(H2,15,16)/t8-,9-,10-/m1/s1. The van der Waals surface area contributed by atoms with Crippen molar-refractivity contribution >= 4 is 5.84 Å². The molecule has 7 nitrogen and oxygen atoms in total. The van der Waals surface area contributed by atoms with Crippen molar-refractivity contribution in [3.05, 3.63) is 24.7 Å². The fourth-order valence-corrected chi connectivity index (χ4v) is 1.98. The SMILES string of the molecule is C=C1N=C(N)C=CN1[C@@H]1O[C@](C#N)(CO)[C@@H](O)C1(F)F. The van der Waals surface area contributed by atoms with Crippen LogP contribution < -0.4 is 5.73 Å².